The van der Waals surface area contributed by atoms with E-state index < -0.39 is 0 Å². The molecule has 18 heavy (non-hydrogen) atoms. The number of nitrogens with zero attached hydrogens (tertiary/aromatic N) is 2. The van der Waals surface area contributed by atoms with Gasteiger partial charge in [0.15, 0.2) is 0 Å². The molecule has 5 heteroatoms. The molecule has 0 amide bonds. The molecule has 1 aliphatic rings. The first kappa shape index (κ1) is 14.0. The van der Waals surface area contributed by atoms with Gasteiger partial charge in [-0.15, -0.1) is 0 Å². The Kier molecular flexibility index (Phi) is 4.45. The highest BCUT2D eigenvalue weighted by Gasteiger charge is 2.34. The third-order valence-electron chi connectivity index (χ3n) is 3.76. The predicted molar refractivity (Wildman–Crippen MR) is 75.8 cm³/mol. The van der Waals surface area contributed by atoms with E-state index in [0.29, 0.717) is 0 Å². The normalized spacial score (nSPS) is 24.4. The Morgan fingerprint density at radius 2 is 2.33 bits per heavy atom. The van der Waals surface area contributed by atoms with Crippen LogP contribution in [0.25, 0.3) is 0 Å². The zero-order valence-electron chi connectivity index (χ0n) is 11.4. The summed E-state index contributed by atoms with van der Waals surface area (Å²) >= 11 is 3.66. The van der Waals surface area contributed by atoms with Crippen LogP contribution in [0.3, 0.4) is 0 Å². The molecule has 1 N–H and O–H groups in total. The molecular weight excluding hydrogens is 294 g/mol. The van der Waals surface area contributed by atoms with E-state index in [1.54, 1.807) is 0 Å². The summed E-state index contributed by atoms with van der Waals surface area (Å²) in [7, 11) is 4.03. The maximum absolute atomic E-state index is 5.71. The number of nitrogens with one attached hydrogen (secondary N) is 1. The molecule has 1 unspecified atom stereocenters. The minimum atomic E-state index is 0.204. The summed E-state index contributed by atoms with van der Waals surface area (Å²) in [4.78, 5) is 0. The van der Waals surface area contributed by atoms with Crippen LogP contribution in [0.2, 0.25) is 0 Å². The minimum Gasteiger partial charge on any atom is -0.381 e. The fraction of sp³-hybridized carbons (Fsp3) is 0.769. The number of rotatable bonds is 4. The molecule has 0 aromatic carbocycles. The van der Waals surface area contributed by atoms with Crippen molar-refractivity contribution in [3.05, 3.63) is 15.9 Å². The van der Waals surface area contributed by atoms with Gasteiger partial charge in [-0.05, 0) is 49.2 Å². The van der Waals surface area contributed by atoms with Crippen molar-refractivity contribution in [3.63, 3.8) is 0 Å². The zero-order chi connectivity index (χ0) is 13.2. The highest BCUT2D eigenvalue weighted by Crippen LogP contribution is 2.34. The summed E-state index contributed by atoms with van der Waals surface area (Å²) in [5.41, 5.74) is 2.53. The number of hydrogen-bond donors (Lipinski definition) is 1. The summed E-state index contributed by atoms with van der Waals surface area (Å²) in [5.74, 6) is 0. The molecule has 102 valence electrons. The molecule has 0 spiro atoms. The van der Waals surface area contributed by atoms with E-state index in [2.05, 4.69) is 26.3 Å². The van der Waals surface area contributed by atoms with Gasteiger partial charge in [0, 0.05) is 25.6 Å². The molecule has 1 aliphatic heterocycles. The van der Waals surface area contributed by atoms with Crippen LogP contribution in [0, 0.1) is 12.3 Å². The SMILES string of the molecule is CNCC1(Cc2c(Br)c(C)nn2C)CCCOC1. The van der Waals surface area contributed by atoms with E-state index in [-0.39, 0.29) is 5.41 Å². The van der Waals surface area contributed by atoms with E-state index in [0.717, 1.165) is 42.8 Å². The summed E-state index contributed by atoms with van der Waals surface area (Å²) in [5, 5.41) is 7.80. The molecule has 4 nitrogen and oxygen atoms in total. The third kappa shape index (κ3) is 2.78. The first-order valence-electron chi connectivity index (χ1n) is 6.48. The summed E-state index contributed by atoms with van der Waals surface area (Å²) in [6, 6.07) is 0. The molecule has 2 heterocycles. The van der Waals surface area contributed by atoms with Crippen LogP contribution in [0.5, 0.6) is 0 Å². The van der Waals surface area contributed by atoms with Gasteiger partial charge in [-0.1, -0.05) is 0 Å². The monoisotopic (exact) mass is 315 g/mol. The minimum absolute atomic E-state index is 0.204. The van der Waals surface area contributed by atoms with Gasteiger partial charge in [0.2, 0.25) is 0 Å². The highest BCUT2D eigenvalue weighted by atomic mass is 79.9. The first-order chi connectivity index (χ1) is 8.58. The average molecular weight is 316 g/mol. The standard InChI is InChI=1S/C13H22BrN3O/c1-10-12(14)11(17(3)16-10)7-13(8-15-2)5-4-6-18-9-13/h15H,4-9H2,1-3H3. The Hall–Kier alpha value is -0.390. The maximum atomic E-state index is 5.71. The number of aromatic nitrogens is 2. The molecule has 1 fully saturated rings. The number of ether oxygens (including phenoxy) is 1. The van der Waals surface area contributed by atoms with Crippen molar-refractivity contribution in [2.75, 3.05) is 26.8 Å². The molecular formula is C13H22BrN3O. The Bertz CT molecular complexity index is 405. The molecule has 0 radical (unpaired) electrons. The summed E-state index contributed by atoms with van der Waals surface area (Å²) < 4.78 is 8.85. The largest absolute Gasteiger partial charge is 0.381 e. The van der Waals surface area contributed by atoms with E-state index in [4.69, 9.17) is 4.74 Å². The highest BCUT2D eigenvalue weighted by molar-refractivity contribution is 9.10. The van der Waals surface area contributed by atoms with E-state index in [1.165, 1.54) is 12.1 Å². The van der Waals surface area contributed by atoms with Crippen molar-refractivity contribution in [2.24, 2.45) is 12.5 Å². The molecule has 1 aromatic heterocycles. The van der Waals surface area contributed by atoms with Crippen LogP contribution >= 0.6 is 15.9 Å². The third-order valence-corrected chi connectivity index (χ3v) is 4.79. The fourth-order valence-electron chi connectivity index (χ4n) is 2.85. The fourth-order valence-corrected chi connectivity index (χ4v) is 3.33. The van der Waals surface area contributed by atoms with Gasteiger partial charge in [0.1, 0.15) is 0 Å². The quantitative estimate of drug-likeness (QED) is 0.924. The molecule has 0 bridgehead atoms. The van der Waals surface area contributed by atoms with E-state index >= 15 is 0 Å². The Morgan fingerprint density at radius 3 is 2.83 bits per heavy atom. The lowest BCUT2D eigenvalue weighted by atomic mass is 9.78. The van der Waals surface area contributed by atoms with Gasteiger partial charge >= 0.3 is 0 Å². The van der Waals surface area contributed by atoms with Crippen molar-refractivity contribution in [3.8, 4) is 0 Å². The Balaban J connectivity index is 2.22. The van der Waals surface area contributed by atoms with Crippen molar-refractivity contribution in [2.45, 2.75) is 26.2 Å². The first-order valence-corrected chi connectivity index (χ1v) is 7.28. The van der Waals surface area contributed by atoms with E-state index in [1.807, 2.05) is 25.7 Å². The summed E-state index contributed by atoms with van der Waals surface area (Å²) in [6.07, 6.45) is 3.37. The molecule has 2 rings (SSSR count). The van der Waals surface area contributed by atoms with Gasteiger partial charge in [0.25, 0.3) is 0 Å². The van der Waals surface area contributed by atoms with Gasteiger partial charge in [-0.3, -0.25) is 4.68 Å². The van der Waals surface area contributed by atoms with Crippen LogP contribution in [0.4, 0.5) is 0 Å². The molecule has 1 aromatic rings. The second-order valence-corrected chi connectivity index (χ2v) is 6.13. The second-order valence-electron chi connectivity index (χ2n) is 5.33. The van der Waals surface area contributed by atoms with Gasteiger partial charge < -0.3 is 10.1 Å². The average Bonchev–Trinajstić information content (AvgIpc) is 2.58. The predicted octanol–water partition coefficient (Wildman–Crippen LogP) is 2.05. The lowest BCUT2D eigenvalue weighted by Crippen LogP contribution is -2.42. The van der Waals surface area contributed by atoms with Gasteiger partial charge in [0.05, 0.1) is 22.5 Å². The Morgan fingerprint density at radius 1 is 1.56 bits per heavy atom. The number of hydrogen-bond acceptors (Lipinski definition) is 3. The van der Waals surface area contributed by atoms with Gasteiger partial charge in [-0.2, -0.15) is 5.10 Å². The number of halogens is 1. The zero-order valence-corrected chi connectivity index (χ0v) is 13.0. The molecule has 1 atom stereocenters. The van der Waals surface area contributed by atoms with Crippen molar-refractivity contribution in [1.82, 2.24) is 15.1 Å². The molecule has 0 saturated carbocycles. The number of aryl methyl sites for hydroxylation is 2. The van der Waals surface area contributed by atoms with Crippen molar-refractivity contribution >= 4 is 15.9 Å². The van der Waals surface area contributed by atoms with Crippen molar-refractivity contribution in [1.29, 1.82) is 0 Å². The van der Waals surface area contributed by atoms with Crippen LogP contribution in [-0.2, 0) is 18.2 Å². The summed E-state index contributed by atoms with van der Waals surface area (Å²) in [6.45, 7) is 4.76. The van der Waals surface area contributed by atoms with Crippen LogP contribution in [-0.4, -0.2) is 36.6 Å². The maximum Gasteiger partial charge on any atom is 0.0738 e. The smallest absolute Gasteiger partial charge is 0.0738 e. The Labute approximate surface area is 117 Å². The van der Waals surface area contributed by atoms with Crippen LogP contribution in [0.1, 0.15) is 24.2 Å². The molecule has 1 saturated heterocycles. The van der Waals surface area contributed by atoms with E-state index in [9.17, 15) is 0 Å². The molecule has 0 aliphatic carbocycles. The second kappa shape index (κ2) is 5.72. The topological polar surface area (TPSA) is 39.1 Å². The van der Waals surface area contributed by atoms with Crippen molar-refractivity contribution < 1.29 is 4.74 Å². The van der Waals surface area contributed by atoms with Crippen LogP contribution in [0.15, 0.2) is 4.47 Å². The lowest BCUT2D eigenvalue weighted by molar-refractivity contribution is -0.00722. The van der Waals surface area contributed by atoms with Crippen LogP contribution < -0.4 is 5.32 Å². The van der Waals surface area contributed by atoms with Gasteiger partial charge in [-0.25, -0.2) is 0 Å². The lowest BCUT2D eigenvalue weighted by Gasteiger charge is -2.37.